The molecule has 112 valence electrons. The van der Waals surface area contributed by atoms with Crippen LogP contribution in [0, 0.1) is 0 Å². The van der Waals surface area contributed by atoms with E-state index < -0.39 is 0 Å². The predicted molar refractivity (Wildman–Crippen MR) is 91.2 cm³/mol. The van der Waals surface area contributed by atoms with Crippen LogP contribution < -0.4 is 5.32 Å². The van der Waals surface area contributed by atoms with Crippen molar-refractivity contribution in [2.24, 2.45) is 0 Å². The Kier molecular flexibility index (Phi) is 2.52. The molecule has 3 heterocycles. The van der Waals surface area contributed by atoms with Crippen LogP contribution >= 0.6 is 0 Å². The van der Waals surface area contributed by atoms with Crippen LogP contribution in [0.1, 0.15) is 11.3 Å². The second-order valence-corrected chi connectivity index (χ2v) is 6.01. The molecule has 0 amide bonds. The van der Waals surface area contributed by atoms with Gasteiger partial charge in [0, 0.05) is 46.7 Å². The molecule has 3 N–H and O–H groups in total. The predicted octanol–water partition coefficient (Wildman–Crippen LogP) is 3.69. The lowest BCUT2D eigenvalue weighted by atomic mass is 10.0. The Morgan fingerprint density at radius 3 is 2.70 bits per heavy atom. The first-order valence-corrected chi connectivity index (χ1v) is 7.72. The molecule has 1 aliphatic heterocycles. The van der Waals surface area contributed by atoms with Crippen LogP contribution in [0.5, 0.6) is 5.75 Å². The maximum absolute atomic E-state index is 9.45. The number of phenols is 1. The van der Waals surface area contributed by atoms with Crippen molar-refractivity contribution >= 4 is 21.7 Å². The summed E-state index contributed by atoms with van der Waals surface area (Å²) in [5, 5.41) is 16.4. The monoisotopic (exact) mass is 301 g/mol. The highest BCUT2D eigenvalue weighted by molar-refractivity contribution is 6.08. The van der Waals surface area contributed by atoms with Crippen LogP contribution in [0.15, 0.2) is 48.7 Å². The summed E-state index contributed by atoms with van der Waals surface area (Å²) in [6.45, 7) is 1.83. The number of aromatic amines is 1. The summed E-state index contributed by atoms with van der Waals surface area (Å²) in [5.41, 5.74) is 5.78. The maximum atomic E-state index is 9.45. The highest BCUT2D eigenvalue weighted by Crippen LogP contribution is 2.33. The second-order valence-electron chi connectivity index (χ2n) is 6.01. The van der Waals surface area contributed by atoms with E-state index in [0.717, 1.165) is 29.7 Å². The molecule has 23 heavy (non-hydrogen) atoms. The van der Waals surface area contributed by atoms with Gasteiger partial charge in [0.15, 0.2) is 0 Å². The topological polar surface area (TPSA) is 60.9 Å². The van der Waals surface area contributed by atoms with Crippen molar-refractivity contribution in [3.8, 4) is 17.0 Å². The number of benzene rings is 2. The average Bonchev–Trinajstić information content (AvgIpc) is 3.16. The molecule has 0 saturated heterocycles. The second kappa shape index (κ2) is 4.57. The third-order valence-electron chi connectivity index (χ3n) is 4.63. The van der Waals surface area contributed by atoms with Crippen LogP contribution in [-0.4, -0.2) is 15.1 Å². The number of pyridine rings is 1. The van der Waals surface area contributed by atoms with Gasteiger partial charge in [-0.1, -0.05) is 12.1 Å². The van der Waals surface area contributed by atoms with Crippen molar-refractivity contribution in [3.63, 3.8) is 0 Å². The van der Waals surface area contributed by atoms with Gasteiger partial charge in [0.25, 0.3) is 0 Å². The van der Waals surface area contributed by atoms with Gasteiger partial charge in [-0.05, 0) is 35.9 Å². The first-order chi connectivity index (χ1) is 11.3. The van der Waals surface area contributed by atoms with E-state index in [-0.39, 0.29) is 5.75 Å². The van der Waals surface area contributed by atoms with Crippen LogP contribution in [0.4, 0.5) is 0 Å². The summed E-state index contributed by atoms with van der Waals surface area (Å²) >= 11 is 0. The molecule has 0 radical (unpaired) electrons. The molecule has 4 nitrogen and oxygen atoms in total. The van der Waals surface area contributed by atoms with Crippen molar-refractivity contribution in [3.05, 3.63) is 59.9 Å². The Hall–Kier alpha value is -2.85. The third kappa shape index (κ3) is 1.85. The van der Waals surface area contributed by atoms with E-state index in [1.54, 1.807) is 12.1 Å². The van der Waals surface area contributed by atoms with Crippen LogP contribution in [-0.2, 0) is 13.1 Å². The van der Waals surface area contributed by atoms with Crippen molar-refractivity contribution in [2.75, 3.05) is 0 Å². The third-order valence-corrected chi connectivity index (χ3v) is 4.63. The molecule has 0 atom stereocenters. The lowest BCUT2D eigenvalue weighted by molar-refractivity contribution is 0.475. The van der Waals surface area contributed by atoms with E-state index in [4.69, 9.17) is 0 Å². The zero-order chi connectivity index (χ0) is 15.4. The zero-order valence-electron chi connectivity index (χ0n) is 12.4. The van der Waals surface area contributed by atoms with Gasteiger partial charge < -0.3 is 15.4 Å². The van der Waals surface area contributed by atoms with E-state index in [0.29, 0.717) is 0 Å². The van der Waals surface area contributed by atoms with Crippen molar-refractivity contribution in [2.45, 2.75) is 13.1 Å². The summed E-state index contributed by atoms with van der Waals surface area (Å²) in [5.74, 6) is 0.269. The minimum Gasteiger partial charge on any atom is -0.508 e. The summed E-state index contributed by atoms with van der Waals surface area (Å²) in [4.78, 5) is 8.15. The number of H-pyrrole nitrogens is 1. The first kappa shape index (κ1) is 12.7. The number of hydrogen-bond donors (Lipinski definition) is 3. The number of nitrogens with one attached hydrogen (secondary N) is 2. The Bertz CT molecular complexity index is 1050. The fourth-order valence-corrected chi connectivity index (χ4v) is 3.45. The van der Waals surface area contributed by atoms with Gasteiger partial charge in [0.2, 0.25) is 0 Å². The maximum Gasteiger partial charge on any atom is 0.115 e. The van der Waals surface area contributed by atoms with Gasteiger partial charge in [0.05, 0.1) is 11.2 Å². The molecule has 5 rings (SSSR count). The SMILES string of the molecule is Oc1ccc(-c2cc3c(ccc4c5c([nH]c43)CNC5)cn2)cc1. The first-order valence-electron chi connectivity index (χ1n) is 7.72. The number of rotatable bonds is 1. The molecule has 0 spiro atoms. The molecule has 4 heteroatoms. The highest BCUT2D eigenvalue weighted by atomic mass is 16.3. The molecule has 2 aromatic heterocycles. The molecule has 0 fully saturated rings. The zero-order valence-corrected chi connectivity index (χ0v) is 12.4. The number of hydrogen-bond acceptors (Lipinski definition) is 3. The number of aromatic hydroxyl groups is 1. The van der Waals surface area contributed by atoms with Crippen LogP contribution in [0.25, 0.3) is 32.9 Å². The molecule has 0 unspecified atom stereocenters. The number of fused-ring (bicyclic) bond motifs is 5. The van der Waals surface area contributed by atoms with Crippen LogP contribution in [0.2, 0.25) is 0 Å². The lowest BCUT2D eigenvalue weighted by Gasteiger charge is -2.05. The largest absolute Gasteiger partial charge is 0.508 e. The molecule has 2 aromatic carbocycles. The summed E-state index contributed by atoms with van der Waals surface area (Å²) in [6.07, 6.45) is 1.92. The summed E-state index contributed by atoms with van der Waals surface area (Å²) < 4.78 is 0. The fourth-order valence-electron chi connectivity index (χ4n) is 3.45. The van der Waals surface area contributed by atoms with E-state index in [2.05, 4.69) is 33.5 Å². The normalized spacial score (nSPS) is 13.7. The van der Waals surface area contributed by atoms with Gasteiger partial charge >= 0.3 is 0 Å². The van der Waals surface area contributed by atoms with E-state index in [1.165, 1.54) is 27.5 Å². The van der Waals surface area contributed by atoms with Crippen molar-refractivity contribution < 1.29 is 5.11 Å². The van der Waals surface area contributed by atoms with E-state index in [1.807, 2.05) is 18.3 Å². The minimum atomic E-state index is 0.269. The van der Waals surface area contributed by atoms with E-state index in [9.17, 15) is 5.11 Å². The molecule has 0 bridgehead atoms. The van der Waals surface area contributed by atoms with E-state index >= 15 is 0 Å². The molecule has 0 aliphatic carbocycles. The van der Waals surface area contributed by atoms with Gasteiger partial charge in [-0.25, -0.2) is 0 Å². The number of phenolic OH excluding ortho intramolecular Hbond substituents is 1. The Morgan fingerprint density at radius 1 is 0.957 bits per heavy atom. The Morgan fingerprint density at radius 2 is 1.83 bits per heavy atom. The lowest BCUT2D eigenvalue weighted by Crippen LogP contribution is -2.01. The smallest absolute Gasteiger partial charge is 0.115 e. The minimum absolute atomic E-state index is 0.269. The fraction of sp³-hybridized carbons (Fsp3) is 0.105. The standard InChI is InChI=1S/C19H15N3O/c23-13-4-1-11(2-5-13)17-7-15-12(8-21-17)3-6-14-16-9-20-10-18(16)22-19(14)15/h1-8,20,22-23H,9-10H2. The quantitative estimate of drug-likeness (QED) is 0.502. The Balaban J connectivity index is 1.77. The molecular weight excluding hydrogens is 286 g/mol. The van der Waals surface area contributed by atoms with Gasteiger partial charge in [-0.2, -0.15) is 0 Å². The molecule has 4 aromatic rings. The van der Waals surface area contributed by atoms with Crippen molar-refractivity contribution in [1.29, 1.82) is 0 Å². The van der Waals surface area contributed by atoms with Crippen LogP contribution in [0.3, 0.4) is 0 Å². The molecule has 0 saturated carbocycles. The van der Waals surface area contributed by atoms with Crippen molar-refractivity contribution in [1.82, 2.24) is 15.3 Å². The average molecular weight is 301 g/mol. The Labute approximate surface area is 132 Å². The molecule has 1 aliphatic rings. The highest BCUT2D eigenvalue weighted by Gasteiger charge is 2.17. The van der Waals surface area contributed by atoms with Gasteiger partial charge in [-0.3, -0.25) is 4.98 Å². The summed E-state index contributed by atoms with van der Waals surface area (Å²) in [7, 11) is 0. The number of nitrogens with zero attached hydrogens (tertiary/aromatic N) is 1. The van der Waals surface area contributed by atoms with Gasteiger partial charge in [0.1, 0.15) is 5.75 Å². The summed E-state index contributed by atoms with van der Waals surface area (Å²) in [6, 6.07) is 13.6. The van der Waals surface area contributed by atoms with Gasteiger partial charge in [-0.15, -0.1) is 0 Å². The number of aromatic nitrogens is 2. The molecular formula is C19H15N3O.